The minimum atomic E-state index is -1.85. The molecule has 0 radical (unpaired) electrons. The molecule has 2 aromatic heterocycles. The number of ketones is 1. The molecule has 4 aliphatic heterocycles. The summed E-state index contributed by atoms with van der Waals surface area (Å²) < 4.78 is 87.6. The maximum atomic E-state index is 14.6. The van der Waals surface area contributed by atoms with Gasteiger partial charge in [0.1, 0.15) is 90.7 Å². The Morgan fingerprint density at radius 3 is 2.16 bits per heavy atom. The van der Waals surface area contributed by atoms with E-state index in [0.717, 1.165) is 49.4 Å². The van der Waals surface area contributed by atoms with Crippen LogP contribution >= 0.6 is 0 Å². The number of benzene rings is 1. The normalized spacial score (nSPS) is 34.3. The quantitative estimate of drug-likeness (QED) is 0.0405. The van der Waals surface area contributed by atoms with Crippen molar-refractivity contribution < 1.29 is 106 Å². The molecule has 1 aromatic carbocycles. The van der Waals surface area contributed by atoms with E-state index in [-0.39, 0.29) is 67.7 Å². The lowest BCUT2D eigenvalue weighted by molar-refractivity contribution is -0.338. The second-order valence-corrected chi connectivity index (χ2v) is 24.3. The summed E-state index contributed by atoms with van der Waals surface area (Å²) in [4.78, 5) is 62.0. The lowest BCUT2D eigenvalue weighted by atomic mass is 9.74. The molecule has 9 rings (SSSR count). The molecule has 6 aliphatic rings. The number of carbonyl (C=O) groups is 4. The van der Waals surface area contributed by atoms with Crippen molar-refractivity contribution in [3.05, 3.63) is 65.9 Å². The van der Waals surface area contributed by atoms with Gasteiger partial charge in [-0.2, -0.15) is 0 Å². The van der Waals surface area contributed by atoms with Gasteiger partial charge in [0.2, 0.25) is 5.91 Å². The standard InChI is InChI=1S/C60H84F3N7O19/c1-4-33-21-35(39(74)12-8-15-65-57(81)56(83-28-32-13-16-64-17-14-32)55-50(78)46(48(76)42(26-71)86-55)70-25-38(67-68-70)34-22-36(61)44(63)37(62)23-34)24-40(53(33)89-60-52(80)51(79)47(75)29(2)84-60)87-59-45(66-30(3)73)54(49(77)43(27-72)88-59)85-41(58(82)69-18-9-19-69)20-31-10-6-5-7-11-31/h13-14,16-17,22-23,25,29,31,33,35,40-43,45-56,59-60,71-72,75-80H,4-12,15,18-21,24,26-28H2,1-3H3,(H,65,81)(H,66,73)/t29-,33+,35?,40+,41-,42?,43-,45?,46+,47-,48-,49-,50?,51?,52-,53?,54?,55+,56-,59+,60?/m0/s1. The van der Waals surface area contributed by atoms with Gasteiger partial charge in [-0.05, 0) is 80.7 Å². The number of amides is 3. The van der Waals surface area contributed by atoms with E-state index in [9.17, 15) is 73.2 Å². The molecule has 29 heteroatoms. The smallest absolute Gasteiger partial charge is 0.251 e. The summed E-state index contributed by atoms with van der Waals surface area (Å²) in [5.41, 5.74) is 0.143. The van der Waals surface area contributed by atoms with Gasteiger partial charge in [0.15, 0.2) is 36.1 Å². The highest BCUT2D eigenvalue weighted by Crippen LogP contribution is 2.41. The third-order valence-electron chi connectivity index (χ3n) is 18.2. The van der Waals surface area contributed by atoms with E-state index in [1.165, 1.54) is 26.2 Å². The van der Waals surface area contributed by atoms with Gasteiger partial charge in [-0.1, -0.05) is 50.7 Å². The molecule has 6 fully saturated rings. The molecule has 89 heavy (non-hydrogen) atoms. The highest BCUT2D eigenvalue weighted by atomic mass is 19.2. The number of aliphatic hydroxyl groups excluding tert-OH is 8. The lowest BCUT2D eigenvalue weighted by Gasteiger charge is -2.49. The molecule has 3 aromatic rings. The van der Waals surface area contributed by atoms with Gasteiger partial charge in [0, 0.05) is 56.9 Å². The van der Waals surface area contributed by atoms with Crippen LogP contribution in [0.2, 0.25) is 0 Å². The van der Waals surface area contributed by atoms with E-state index in [1.807, 2.05) is 6.92 Å². The van der Waals surface area contributed by atoms with Crippen molar-refractivity contribution in [2.24, 2.45) is 17.8 Å². The fourth-order valence-electron chi connectivity index (χ4n) is 13.1. The first kappa shape index (κ1) is 68.2. The first-order valence-electron chi connectivity index (χ1n) is 30.9. The number of ether oxygens (including phenoxy) is 7. The monoisotopic (exact) mass is 1260 g/mol. The van der Waals surface area contributed by atoms with Crippen molar-refractivity contribution in [3.8, 4) is 11.3 Å². The molecule has 21 atom stereocenters. The number of hydrogen-bond donors (Lipinski definition) is 10. The molecule has 26 nitrogen and oxygen atoms in total. The van der Waals surface area contributed by atoms with Crippen LogP contribution < -0.4 is 10.6 Å². The molecule has 2 saturated carbocycles. The van der Waals surface area contributed by atoms with Crippen molar-refractivity contribution >= 4 is 23.5 Å². The number of nitrogens with zero attached hydrogens (tertiary/aromatic N) is 5. The number of aliphatic hydroxyl groups is 8. The summed E-state index contributed by atoms with van der Waals surface area (Å²) in [5, 5.41) is 102. The first-order chi connectivity index (χ1) is 42.7. The van der Waals surface area contributed by atoms with Gasteiger partial charge >= 0.3 is 0 Å². The van der Waals surface area contributed by atoms with Gasteiger partial charge in [-0.25, -0.2) is 17.9 Å². The summed E-state index contributed by atoms with van der Waals surface area (Å²) in [7, 11) is 0. The number of hydrogen-bond acceptors (Lipinski definition) is 22. The van der Waals surface area contributed by atoms with E-state index in [0.29, 0.717) is 43.6 Å². The fourth-order valence-corrected chi connectivity index (χ4v) is 13.1. The summed E-state index contributed by atoms with van der Waals surface area (Å²) in [6.07, 6.45) is -14.3. The number of aromatic nitrogens is 4. The maximum Gasteiger partial charge on any atom is 0.251 e. The van der Waals surface area contributed by atoms with Crippen LogP contribution in [0.3, 0.4) is 0 Å². The third-order valence-corrected chi connectivity index (χ3v) is 18.2. The van der Waals surface area contributed by atoms with Crippen LogP contribution in [-0.2, 0) is 58.9 Å². The SMILES string of the molecule is CC[C@@H]1CC(C(=O)CCCNC(=O)[C@@H](OCc2ccncc2)[C@@H]2OC(CO)[C@H](O)[C@@H](n3cc(-c4cc(F)c(F)c(F)c4)nn3)C2O)C[C@@H](O[C@@H]2O[C@@H](CO)[C@H](O)C(O[C@@H](CC3CCCCC3)C(=O)N3CCC3)C2NC(C)=O)C1OC1O[C@@H](C)[C@H](O)C(O)[C@@H]1O. The molecule has 3 amide bonds. The lowest BCUT2D eigenvalue weighted by Crippen LogP contribution is -2.67. The zero-order valence-electron chi connectivity index (χ0n) is 49.9. The minimum Gasteiger partial charge on any atom is -0.394 e. The molecule has 4 saturated heterocycles. The average molecular weight is 1260 g/mol. The molecule has 494 valence electrons. The Labute approximate surface area is 512 Å². The summed E-state index contributed by atoms with van der Waals surface area (Å²) in [6, 6.07) is 1.74. The highest BCUT2D eigenvalue weighted by Gasteiger charge is 2.54. The summed E-state index contributed by atoms with van der Waals surface area (Å²) in [6.45, 7) is 3.69. The minimum absolute atomic E-state index is 0.0468. The molecule has 6 heterocycles. The van der Waals surface area contributed by atoms with Gasteiger partial charge < -0.3 is 89.5 Å². The van der Waals surface area contributed by atoms with E-state index in [1.54, 1.807) is 17.0 Å². The van der Waals surface area contributed by atoms with Crippen LogP contribution in [0.5, 0.6) is 0 Å². The molecule has 8 unspecified atom stereocenters. The van der Waals surface area contributed by atoms with Crippen molar-refractivity contribution in [2.45, 2.75) is 221 Å². The zero-order valence-corrected chi connectivity index (χ0v) is 49.9. The first-order valence-corrected chi connectivity index (χ1v) is 30.9. The predicted molar refractivity (Wildman–Crippen MR) is 301 cm³/mol. The van der Waals surface area contributed by atoms with Gasteiger partial charge in [-0.3, -0.25) is 24.2 Å². The van der Waals surface area contributed by atoms with Crippen LogP contribution in [0.4, 0.5) is 13.2 Å². The third kappa shape index (κ3) is 16.0. The molecule has 2 aliphatic carbocycles. The Morgan fingerprint density at radius 2 is 1.51 bits per heavy atom. The molecular weight excluding hydrogens is 1180 g/mol. The van der Waals surface area contributed by atoms with Crippen LogP contribution in [0.25, 0.3) is 11.3 Å². The summed E-state index contributed by atoms with van der Waals surface area (Å²) in [5.74, 6) is -7.83. The van der Waals surface area contributed by atoms with Gasteiger partial charge in [0.05, 0.1) is 44.3 Å². The largest absolute Gasteiger partial charge is 0.394 e. The van der Waals surface area contributed by atoms with Crippen molar-refractivity contribution in [1.82, 2.24) is 35.5 Å². The Hall–Kier alpha value is -5.22. The van der Waals surface area contributed by atoms with E-state index < -0.39 is 171 Å². The topological polar surface area (TPSA) is 366 Å². The van der Waals surface area contributed by atoms with E-state index in [4.69, 9.17) is 33.2 Å². The maximum absolute atomic E-state index is 14.6. The molecular formula is C60H84F3N7O19. The van der Waals surface area contributed by atoms with E-state index >= 15 is 0 Å². The Bertz CT molecular complexity index is 2800. The predicted octanol–water partition coefficient (Wildman–Crippen LogP) is 0.404. The van der Waals surface area contributed by atoms with Crippen LogP contribution in [0.15, 0.2) is 42.9 Å². The Morgan fingerprint density at radius 1 is 0.809 bits per heavy atom. The van der Waals surface area contributed by atoms with Crippen molar-refractivity contribution in [2.75, 3.05) is 32.8 Å². The Kier molecular flexibility index (Phi) is 23.7. The fraction of sp³-hybridized carbons (Fsp3) is 0.717. The van der Waals surface area contributed by atoms with Gasteiger partial charge in [-0.15, -0.1) is 5.10 Å². The second-order valence-electron chi connectivity index (χ2n) is 24.3. The van der Waals surface area contributed by atoms with Crippen molar-refractivity contribution in [1.29, 1.82) is 0 Å². The Balaban J connectivity index is 0.931. The van der Waals surface area contributed by atoms with Crippen LogP contribution in [0.1, 0.15) is 109 Å². The second kappa shape index (κ2) is 30.9. The van der Waals surface area contributed by atoms with Crippen molar-refractivity contribution in [3.63, 3.8) is 0 Å². The molecule has 0 spiro atoms. The number of pyridine rings is 1. The van der Waals surface area contributed by atoms with Crippen LogP contribution in [0, 0.1) is 35.2 Å². The van der Waals surface area contributed by atoms with Gasteiger partial charge in [0.25, 0.3) is 11.8 Å². The summed E-state index contributed by atoms with van der Waals surface area (Å²) >= 11 is 0. The average Bonchev–Trinajstić information content (AvgIpc) is 1.94. The number of halogens is 3. The number of Topliss-reactive ketones (excluding diaryl/α,β-unsaturated/α-hetero) is 1. The highest BCUT2D eigenvalue weighted by molar-refractivity contribution is 5.83. The molecule has 0 bridgehead atoms. The van der Waals surface area contributed by atoms with Crippen LogP contribution in [-0.4, -0.2) is 232 Å². The zero-order chi connectivity index (χ0) is 63.8. The van der Waals surface area contributed by atoms with E-state index in [2.05, 4.69) is 25.9 Å². The number of likely N-dealkylation sites (tertiary alicyclic amines) is 1. The number of carbonyl (C=O) groups excluding carboxylic acids is 4. The number of nitrogens with one attached hydrogen (secondary N) is 2. The number of rotatable bonds is 25. The molecule has 10 N–H and O–H groups in total.